The van der Waals surface area contributed by atoms with E-state index < -0.39 is 12.0 Å². The molecule has 1 aromatic rings. The standard InChI is InChI=1S/C26H42N2O5/c1-7-18(2)24(27-4)22(31-5)16-23(29)28-15-11-14-21(28)25(32-6)19(3)26(30)33-17-20-12-9-8-10-13-20/h8-10,12-13,18-19,21-22,24-25,27H,7,11,14-17H2,1-6H3/p+1/t18-,19+,21-,22+,24-,25+/m0/s1. The van der Waals surface area contributed by atoms with E-state index in [0.717, 1.165) is 24.8 Å². The van der Waals surface area contributed by atoms with Crippen LogP contribution in [0.5, 0.6) is 0 Å². The summed E-state index contributed by atoms with van der Waals surface area (Å²) in [5.41, 5.74) is 0.943. The Balaban J connectivity index is 2.04. The Hall–Kier alpha value is -1.96. The minimum absolute atomic E-state index is 0.0615. The van der Waals surface area contributed by atoms with Crippen LogP contribution in [0.15, 0.2) is 30.3 Å². The SMILES string of the molecule is CC[C@H](C)[C@H]([NH2+]C)[C@@H](CC(=O)N1CCC[C@H]1[C@H](OC)[C@@H](C)C(=O)OCc1ccccc1)OC. The molecule has 0 spiro atoms. The molecule has 2 N–H and O–H groups in total. The molecule has 1 fully saturated rings. The number of carbonyl (C=O) groups is 2. The molecular formula is C26H43N2O5+. The van der Waals surface area contributed by atoms with Gasteiger partial charge in [-0.3, -0.25) is 9.59 Å². The normalized spacial score (nSPS) is 20.7. The fourth-order valence-corrected chi connectivity index (χ4v) is 4.98. The van der Waals surface area contributed by atoms with Crippen molar-refractivity contribution in [2.45, 2.75) is 77.4 Å². The van der Waals surface area contributed by atoms with Crippen molar-refractivity contribution in [2.75, 3.05) is 27.8 Å². The fourth-order valence-electron chi connectivity index (χ4n) is 4.98. The number of nitrogens with zero attached hydrogens (tertiary/aromatic N) is 1. The summed E-state index contributed by atoms with van der Waals surface area (Å²) < 4.78 is 17.1. The van der Waals surface area contributed by atoms with E-state index in [4.69, 9.17) is 14.2 Å². The molecule has 1 aliphatic rings. The van der Waals surface area contributed by atoms with Gasteiger partial charge in [0.2, 0.25) is 5.91 Å². The van der Waals surface area contributed by atoms with Gasteiger partial charge in [-0.2, -0.15) is 0 Å². The van der Waals surface area contributed by atoms with E-state index in [0.29, 0.717) is 18.9 Å². The monoisotopic (exact) mass is 463 g/mol. The third-order valence-electron chi connectivity index (χ3n) is 7.15. The van der Waals surface area contributed by atoms with Crippen LogP contribution in [-0.4, -0.2) is 68.9 Å². The third-order valence-corrected chi connectivity index (χ3v) is 7.15. The molecule has 1 amide bonds. The molecule has 186 valence electrons. The van der Waals surface area contributed by atoms with Crippen molar-refractivity contribution < 1.29 is 29.1 Å². The van der Waals surface area contributed by atoms with E-state index in [1.54, 1.807) is 14.2 Å². The molecule has 7 heteroatoms. The lowest BCUT2D eigenvalue weighted by molar-refractivity contribution is -0.678. The van der Waals surface area contributed by atoms with Crippen LogP contribution in [0.25, 0.3) is 0 Å². The molecule has 1 aromatic carbocycles. The molecule has 6 atom stereocenters. The van der Waals surface area contributed by atoms with Crippen molar-refractivity contribution in [1.82, 2.24) is 4.90 Å². The van der Waals surface area contributed by atoms with Crippen molar-refractivity contribution in [3.05, 3.63) is 35.9 Å². The number of hydrogen-bond acceptors (Lipinski definition) is 5. The number of ether oxygens (including phenoxy) is 3. The molecular weight excluding hydrogens is 420 g/mol. The van der Waals surface area contributed by atoms with E-state index in [1.165, 1.54) is 0 Å². The van der Waals surface area contributed by atoms with Crippen LogP contribution >= 0.6 is 0 Å². The lowest BCUT2D eigenvalue weighted by atomic mass is 9.92. The number of esters is 1. The van der Waals surface area contributed by atoms with Gasteiger partial charge in [0, 0.05) is 26.7 Å². The van der Waals surface area contributed by atoms with Gasteiger partial charge in [0.05, 0.1) is 31.5 Å². The highest BCUT2D eigenvalue weighted by Crippen LogP contribution is 2.28. The van der Waals surface area contributed by atoms with Gasteiger partial charge in [0.25, 0.3) is 0 Å². The summed E-state index contributed by atoms with van der Waals surface area (Å²) in [6.07, 6.45) is 2.50. The molecule has 1 aliphatic heterocycles. The highest BCUT2D eigenvalue weighted by Gasteiger charge is 2.41. The number of carbonyl (C=O) groups excluding carboxylic acids is 2. The fraction of sp³-hybridized carbons (Fsp3) is 0.692. The molecule has 7 nitrogen and oxygen atoms in total. The van der Waals surface area contributed by atoms with Crippen LogP contribution in [0, 0.1) is 11.8 Å². The van der Waals surface area contributed by atoms with Crippen molar-refractivity contribution in [2.24, 2.45) is 11.8 Å². The van der Waals surface area contributed by atoms with Crippen molar-refractivity contribution in [1.29, 1.82) is 0 Å². The first kappa shape index (κ1) is 27.3. The number of hydrogen-bond donors (Lipinski definition) is 1. The summed E-state index contributed by atoms with van der Waals surface area (Å²) in [6, 6.07) is 9.69. The number of amides is 1. The second-order valence-corrected chi connectivity index (χ2v) is 9.15. The van der Waals surface area contributed by atoms with Crippen LogP contribution < -0.4 is 5.32 Å². The van der Waals surface area contributed by atoms with Crippen LogP contribution in [0.2, 0.25) is 0 Å². The molecule has 33 heavy (non-hydrogen) atoms. The summed E-state index contributed by atoms with van der Waals surface area (Å²) in [7, 11) is 5.33. The summed E-state index contributed by atoms with van der Waals surface area (Å²) in [4.78, 5) is 28.0. The molecule has 0 aliphatic carbocycles. The van der Waals surface area contributed by atoms with Crippen molar-refractivity contribution in [3.8, 4) is 0 Å². The van der Waals surface area contributed by atoms with E-state index in [9.17, 15) is 9.59 Å². The minimum Gasteiger partial charge on any atom is -0.461 e. The summed E-state index contributed by atoms with van der Waals surface area (Å²) >= 11 is 0. The van der Waals surface area contributed by atoms with Crippen molar-refractivity contribution in [3.63, 3.8) is 0 Å². The average Bonchev–Trinajstić information content (AvgIpc) is 3.32. The quantitative estimate of drug-likeness (QED) is 0.454. The largest absolute Gasteiger partial charge is 0.461 e. The first-order chi connectivity index (χ1) is 15.9. The number of likely N-dealkylation sites (tertiary alicyclic amines) is 1. The zero-order chi connectivity index (χ0) is 24.4. The van der Waals surface area contributed by atoms with Crippen molar-refractivity contribution >= 4 is 11.9 Å². The smallest absolute Gasteiger partial charge is 0.311 e. The summed E-state index contributed by atoms with van der Waals surface area (Å²) in [5, 5.41) is 2.15. The molecule has 1 heterocycles. The van der Waals surface area contributed by atoms with Crippen LogP contribution in [0.1, 0.15) is 52.0 Å². The predicted octanol–water partition coefficient (Wildman–Crippen LogP) is 2.38. The maximum Gasteiger partial charge on any atom is 0.311 e. The molecule has 2 rings (SSSR count). The topological polar surface area (TPSA) is 81.7 Å². The minimum atomic E-state index is -0.479. The first-order valence-electron chi connectivity index (χ1n) is 12.2. The Morgan fingerprint density at radius 3 is 2.42 bits per heavy atom. The Bertz CT molecular complexity index is 729. The highest BCUT2D eigenvalue weighted by molar-refractivity contribution is 5.78. The van der Waals surface area contributed by atoms with E-state index >= 15 is 0 Å². The maximum absolute atomic E-state index is 13.3. The zero-order valence-corrected chi connectivity index (χ0v) is 21.2. The van der Waals surface area contributed by atoms with Crippen LogP contribution in [-0.2, 0) is 30.4 Å². The van der Waals surface area contributed by atoms with Gasteiger partial charge in [-0.25, -0.2) is 0 Å². The molecule has 0 unspecified atom stereocenters. The van der Waals surface area contributed by atoms with Gasteiger partial charge in [-0.1, -0.05) is 44.2 Å². The van der Waals surface area contributed by atoms with E-state index in [1.807, 2.05) is 49.2 Å². The summed E-state index contributed by atoms with van der Waals surface area (Å²) in [6.45, 7) is 7.09. The first-order valence-corrected chi connectivity index (χ1v) is 12.2. The number of methoxy groups -OCH3 is 2. The number of benzene rings is 1. The highest BCUT2D eigenvalue weighted by atomic mass is 16.5. The molecule has 0 radical (unpaired) electrons. The Morgan fingerprint density at radius 2 is 1.85 bits per heavy atom. The number of quaternary nitrogens is 1. The van der Waals surface area contributed by atoms with E-state index in [2.05, 4.69) is 19.2 Å². The lowest BCUT2D eigenvalue weighted by Crippen LogP contribution is -2.90. The second-order valence-electron chi connectivity index (χ2n) is 9.15. The second kappa shape index (κ2) is 13.7. The Labute approximate surface area is 199 Å². The zero-order valence-electron chi connectivity index (χ0n) is 21.2. The Morgan fingerprint density at radius 1 is 1.15 bits per heavy atom. The maximum atomic E-state index is 13.3. The van der Waals surface area contributed by atoms with Gasteiger partial charge in [-0.15, -0.1) is 0 Å². The number of nitrogens with two attached hydrogens (primary N) is 1. The molecule has 1 saturated heterocycles. The lowest BCUT2D eigenvalue weighted by Gasteiger charge is -2.35. The Kier molecular flexibility index (Phi) is 11.3. The van der Waals surface area contributed by atoms with Gasteiger partial charge in [0.15, 0.2) is 0 Å². The molecule has 0 aromatic heterocycles. The van der Waals surface area contributed by atoms with Gasteiger partial charge in [-0.05, 0) is 31.7 Å². The van der Waals surface area contributed by atoms with E-state index in [-0.39, 0.29) is 36.7 Å². The predicted molar refractivity (Wildman–Crippen MR) is 127 cm³/mol. The average molecular weight is 464 g/mol. The summed E-state index contributed by atoms with van der Waals surface area (Å²) in [5.74, 6) is -0.288. The number of rotatable bonds is 13. The van der Waals surface area contributed by atoms with Crippen LogP contribution in [0.4, 0.5) is 0 Å². The molecule has 0 bridgehead atoms. The van der Waals surface area contributed by atoms with Gasteiger partial charge < -0.3 is 24.4 Å². The van der Waals surface area contributed by atoms with Gasteiger partial charge in [0.1, 0.15) is 18.8 Å². The third kappa shape index (κ3) is 7.26. The molecule has 0 saturated carbocycles. The van der Waals surface area contributed by atoms with Gasteiger partial charge >= 0.3 is 5.97 Å². The van der Waals surface area contributed by atoms with Crippen LogP contribution in [0.3, 0.4) is 0 Å². The number of likely N-dealkylation sites (N-methyl/N-ethyl adjacent to an activating group) is 1.